The minimum absolute atomic E-state index is 0.271. The van der Waals surface area contributed by atoms with Gasteiger partial charge in [0, 0.05) is 0 Å². The zero-order valence-corrected chi connectivity index (χ0v) is 12.2. The van der Waals surface area contributed by atoms with Gasteiger partial charge in [-0.2, -0.15) is 0 Å². The van der Waals surface area contributed by atoms with Crippen LogP contribution in [-0.4, -0.2) is 6.54 Å². The highest BCUT2D eigenvalue weighted by Gasteiger charge is 2.29. The summed E-state index contributed by atoms with van der Waals surface area (Å²) in [6, 6.07) is 5.96. The van der Waals surface area contributed by atoms with Crippen molar-refractivity contribution < 1.29 is 0 Å². The summed E-state index contributed by atoms with van der Waals surface area (Å²) in [5.41, 5.74) is 7.60. The Labute approximate surface area is 120 Å². The SMILES string of the molecule is NCC1(Cc2ccc(Cl)c(Cl)c2)CCCCCC1. The lowest BCUT2D eigenvalue weighted by atomic mass is 9.75. The highest BCUT2D eigenvalue weighted by molar-refractivity contribution is 6.42. The zero-order chi connectivity index (χ0) is 13.0. The fourth-order valence-corrected chi connectivity index (χ4v) is 3.33. The van der Waals surface area contributed by atoms with E-state index >= 15 is 0 Å². The fraction of sp³-hybridized carbons (Fsp3) is 0.600. The number of hydrogen-bond donors (Lipinski definition) is 1. The van der Waals surface area contributed by atoms with Crippen molar-refractivity contribution in [1.29, 1.82) is 0 Å². The first kappa shape index (κ1) is 14.2. The van der Waals surface area contributed by atoms with Gasteiger partial charge < -0.3 is 5.73 Å². The van der Waals surface area contributed by atoms with E-state index in [1.54, 1.807) is 0 Å². The summed E-state index contributed by atoms with van der Waals surface area (Å²) >= 11 is 12.1. The van der Waals surface area contributed by atoms with Crippen LogP contribution in [0, 0.1) is 5.41 Å². The van der Waals surface area contributed by atoms with Crippen molar-refractivity contribution in [2.45, 2.75) is 44.9 Å². The minimum Gasteiger partial charge on any atom is -0.330 e. The predicted octanol–water partition coefficient (Wildman–Crippen LogP) is 4.84. The quantitative estimate of drug-likeness (QED) is 0.791. The zero-order valence-electron chi connectivity index (χ0n) is 10.7. The summed E-state index contributed by atoms with van der Waals surface area (Å²) in [5, 5.41) is 1.28. The molecule has 18 heavy (non-hydrogen) atoms. The third-order valence-corrected chi connectivity index (χ3v) is 4.90. The number of halogens is 2. The summed E-state index contributed by atoms with van der Waals surface area (Å²) in [4.78, 5) is 0. The molecule has 1 aromatic rings. The summed E-state index contributed by atoms with van der Waals surface area (Å²) < 4.78 is 0. The van der Waals surface area contributed by atoms with Crippen LogP contribution in [0.5, 0.6) is 0 Å². The van der Waals surface area contributed by atoms with Gasteiger partial charge in [-0.25, -0.2) is 0 Å². The lowest BCUT2D eigenvalue weighted by Crippen LogP contribution is -2.32. The van der Waals surface area contributed by atoms with Crippen molar-refractivity contribution in [2.75, 3.05) is 6.54 Å². The Morgan fingerprint density at radius 1 is 1.00 bits per heavy atom. The molecular formula is C15H21Cl2N. The number of hydrogen-bond acceptors (Lipinski definition) is 1. The molecule has 0 unspecified atom stereocenters. The molecule has 1 aliphatic carbocycles. The molecule has 0 heterocycles. The number of benzene rings is 1. The molecule has 0 spiro atoms. The summed E-state index contributed by atoms with van der Waals surface area (Å²) in [7, 11) is 0. The van der Waals surface area contributed by atoms with Gasteiger partial charge in [0.05, 0.1) is 10.0 Å². The Morgan fingerprint density at radius 3 is 2.22 bits per heavy atom. The average molecular weight is 286 g/mol. The molecule has 0 radical (unpaired) electrons. The van der Waals surface area contributed by atoms with Crippen molar-refractivity contribution in [3.8, 4) is 0 Å². The van der Waals surface area contributed by atoms with Gasteiger partial charge in [-0.05, 0) is 48.9 Å². The Hall–Kier alpha value is -0.240. The lowest BCUT2D eigenvalue weighted by Gasteiger charge is -2.31. The van der Waals surface area contributed by atoms with E-state index in [1.165, 1.54) is 44.1 Å². The fourth-order valence-electron chi connectivity index (χ4n) is 3.01. The largest absolute Gasteiger partial charge is 0.330 e. The van der Waals surface area contributed by atoms with E-state index in [4.69, 9.17) is 28.9 Å². The second-order valence-electron chi connectivity index (χ2n) is 5.54. The van der Waals surface area contributed by atoms with E-state index in [2.05, 4.69) is 6.07 Å². The van der Waals surface area contributed by atoms with Crippen molar-refractivity contribution in [3.63, 3.8) is 0 Å². The molecule has 1 aromatic carbocycles. The topological polar surface area (TPSA) is 26.0 Å². The van der Waals surface area contributed by atoms with Gasteiger partial charge >= 0.3 is 0 Å². The van der Waals surface area contributed by atoms with E-state index in [1.807, 2.05) is 12.1 Å². The first-order valence-corrected chi connectivity index (χ1v) is 7.55. The third-order valence-electron chi connectivity index (χ3n) is 4.16. The molecule has 100 valence electrons. The smallest absolute Gasteiger partial charge is 0.0595 e. The Kier molecular flexibility index (Phi) is 4.94. The molecule has 1 fully saturated rings. The van der Waals surface area contributed by atoms with Crippen LogP contribution in [0.4, 0.5) is 0 Å². The molecule has 3 heteroatoms. The van der Waals surface area contributed by atoms with Crippen LogP contribution in [0.15, 0.2) is 18.2 Å². The van der Waals surface area contributed by atoms with E-state index < -0.39 is 0 Å². The second kappa shape index (κ2) is 6.27. The maximum Gasteiger partial charge on any atom is 0.0595 e. The van der Waals surface area contributed by atoms with E-state index in [0.717, 1.165) is 13.0 Å². The highest BCUT2D eigenvalue weighted by atomic mass is 35.5. The molecule has 0 aliphatic heterocycles. The molecule has 1 nitrogen and oxygen atoms in total. The van der Waals surface area contributed by atoms with Gasteiger partial charge in [-0.3, -0.25) is 0 Å². The normalized spacial score (nSPS) is 19.5. The van der Waals surface area contributed by atoms with Crippen molar-refractivity contribution in [2.24, 2.45) is 11.1 Å². The summed E-state index contributed by atoms with van der Waals surface area (Å²) in [6.45, 7) is 0.771. The number of nitrogens with two attached hydrogens (primary N) is 1. The van der Waals surface area contributed by atoms with Crippen LogP contribution in [0.2, 0.25) is 10.0 Å². The summed E-state index contributed by atoms with van der Waals surface area (Å²) in [6.07, 6.45) is 8.82. The van der Waals surface area contributed by atoms with Crippen LogP contribution >= 0.6 is 23.2 Å². The molecule has 0 saturated heterocycles. The maximum absolute atomic E-state index is 6.09. The average Bonchev–Trinajstić information content (AvgIpc) is 2.60. The van der Waals surface area contributed by atoms with Crippen LogP contribution in [0.1, 0.15) is 44.1 Å². The van der Waals surface area contributed by atoms with Crippen LogP contribution in [0.25, 0.3) is 0 Å². The second-order valence-corrected chi connectivity index (χ2v) is 6.36. The van der Waals surface area contributed by atoms with Gasteiger partial charge in [0.25, 0.3) is 0 Å². The lowest BCUT2D eigenvalue weighted by molar-refractivity contribution is 0.252. The molecule has 1 aliphatic rings. The molecule has 2 rings (SSSR count). The molecule has 0 amide bonds. The standard InChI is InChI=1S/C15H21Cl2N/c16-13-6-5-12(9-14(13)17)10-15(11-18)7-3-1-2-4-8-15/h5-6,9H,1-4,7-8,10-11,18H2. The minimum atomic E-state index is 0.271. The maximum atomic E-state index is 6.09. The van der Waals surface area contributed by atoms with Crippen LogP contribution in [-0.2, 0) is 6.42 Å². The highest BCUT2D eigenvalue weighted by Crippen LogP contribution is 2.38. The van der Waals surface area contributed by atoms with Crippen molar-refractivity contribution >= 4 is 23.2 Å². The van der Waals surface area contributed by atoms with Crippen molar-refractivity contribution in [1.82, 2.24) is 0 Å². The van der Waals surface area contributed by atoms with Gasteiger partial charge in [0.2, 0.25) is 0 Å². The molecule has 0 bridgehead atoms. The molecule has 0 atom stereocenters. The third kappa shape index (κ3) is 3.40. The van der Waals surface area contributed by atoms with Crippen LogP contribution < -0.4 is 5.73 Å². The van der Waals surface area contributed by atoms with Gasteiger partial charge in [0.15, 0.2) is 0 Å². The number of rotatable bonds is 3. The van der Waals surface area contributed by atoms with E-state index in [9.17, 15) is 0 Å². The van der Waals surface area contributed by atoms with Gasteiger partial charge in [-0.15, -0.1) is 0 Å². The first-order valence-electron chi connectivity index (χ1n) is 6.79. The van der Waals surface area contributed by atoms with Gasteiger partial charge in [-0.1, -0.05) is 55.0 Å². The molecular weight excluding hydrogens is 265 g/mol. The van der Waals surface area contributed by atoms with E-state index in [0.29, 0.717) is 10.0 Å². The van der Waals surface area contributed by atoms with Gasteiger partial charge in [0.1, 0.15) is 0 Å². The van der Waals surface area contributed by atoms with Crippen LogP contribution in [0.3, 0.4) is 0 Å². The Bertz CT molecular complexity index is 395. The van der Waals surface area contributed by atoms with E-state index in [-0.39, 0.29) is 5.41 Å². The molecule has 0 aromatic heterocycles. The predicted molar refractivity (Wildman–Crippen MR) is 79.4 cm³/mol. The molecule has 1 saturated carbocycles. The monoisotopic (exact) mass is 285 g/mol. The Morgan fingerprint density at radius 2 is 1.67 bits per heavy atom. The Balaban J connectivity index is 2.15. The van der Waals surface area contributed by atoms with Crippen molar-refractivity contribution in [3.05, 3.63) is 33.8 Å². The summed E-state index contributed by atoms with van der Waals surface area (Å²) in [5.74, 6) is 0. The first-order chi connectivity index (χ1) is 8.65. The molecule has 2 N–H and O–H groups in total.